The number of anilines is 1. The van der Waals surface area contributed by atoms with Crippen LogP contribution in [0, 0.1) is 28.4 Å². The Balaban J connectivity index is 1.97. The number of hydrogen-bond acceptors (Lipinski definition) is 5. The standard InChI is InChI=1S/C28H26Cl2F2N4O2S/c1-27(2,3)12-20-28(13-33,16-8-7-14(29)11-18(16)31)21(15-5-4-6-17(30)22(15)32)23(36-20)26(38)35-19-9-10-39-24(19)25(34)37/h4-11,20-21,23,36H,12H2,1-3H3,(H2,34,37)(H,35,38)/t20-,21-,23+,28-/m0/s1. The van der Waals surface area contributed by atoms with Crippen LogP contribution in [0.15, 0.2) is 47.8 Å². The van der Waals surface area contributed by atoms with E-state index in [9.17, 15) is 14.9 Å². The van der Waals surface area contributed by atoms with Crippen molar-refractivity contribution < 1.29 is 18.4 Å². The summed E-state index contributed by atoms with van der Waals surface area (Å²) in [5.41, 5.74) is 3.45. The molecule has 1 saturated heterocycles. The quantitative estimate of drug-likeness (QED) is 0.309. The third-order valence-electron chi connectivity index (χ3n) is 6.88. The van der Waals surface area contributed by atoms with Crippen LogP contribution >= 0.6 is 34.5 Å². The number of rotatable bonds is 6. The van der Waals surface area contributed by atoms with Crippen molar-refractivity contribution in [3.8, 4) is 6.07 Å². The molecule has 0 unspecified atom stereocenters. The topological polar surface area (TPSA) is 108 Å². The molecule has 0 bridgehead atoms. The predicted octanol–water partition coefficient (Wildman–Crippen LogP) is 6.39. The summed E-state index contributed by atoms with van der Waals surface area (Å²) in [5.74, 6) is -4.17. The molecule has 3 aromatic rings. The second kappa shape index (κ2) is 10.9. The summed E-state index contributed by atoms with van der Waals surface area (Å²) < 4.78 is 31.3. The van der Waals surface area contributed by atoms with Crippen molar-refractivity contribution in [2.24, 2.45) is 11.1 Å². The molecule has 2 aromatic carbocycles. The van der Waals surface area contributed by atoms with Crippen LogP contribution in [0.4, 0.5) is 14.5 Å². The molecule has 1 aliphatic rings. The molecule has 1 aromatic heterocycles. The maximum atomic E-state index is 15.7. The predicted molar refractivity (Wildman–Crippen MR) is 149 cm³/mol. The fourth-order valence-corrected chi connectivity index (χ4v) is 6.41. The maximum absolute atomic E-state index is 15.7. The first-order chi connectivity index (χ1) is 18.3. The van der Waals surface area contributed by atoms with Gasteiger partial charge in [0.2, 0.25) is 5.91 Å². The summed E-state index contributed by atoms with van der Waals surface area (Å²) in [6, 6.07) is 10.0. The number of nitrogens with one attached hydrogen (secondary N) is 2. The lowest BCUT2D eigenvalue weighted by Gasteiger charge is -2.37. The molecule has 2 heterocycles. The minimum absolute atomic E-state index is 0.0239. The van der Waals surface area contributed by atoms with Crippen LogP contribution < -0.4 is 16.4 Å². The molecule has 0 saturated carbocycles. The van der Waals surface area contributed by atoms with Gasteiger partial charge in [0, 0.05) is 22.5 Å². The van der Waals surface area contributed by atoms with Gasteiger partial charge in [0.15, 0.2) is 0 Å². The van der Waals surface area contributed by atoms with Gasteiger partial charge in [-0.15, -0.1) is 11.3 Å². The van der Waals surface area contributed by atoms with E-state index in [4.69, 9.17) is 28.9 Å². The smallest absolute Gasteiger partial charge is 0.260 e. The van der Waals surface area contributed by atoms with E-state index in [0.29, 0.717) is 6.42 Å². The van der Waals surface area contributed by atoms with Crippen molar-refractivity contribution in [3.63, 3.8) is 0 Å². The maximum Gasteiger partial charge on any atom is 0.260 e. The van der Waals surface area contributed by atoms with E-state index < -0.39 is 46.9 Å². The fourth-order valence-electron chi connectivity index (χ4n) is 5.37. The summed E-state index contributed by atoms with van der Waals surface area (Å²) in [6.45, 7) is 5.84. The van der Waals surface area contributed by atoms with Gasteiger partial charge in [-0.25, -0.2) is 8.78 Å². The SMILES string of the molecule is CC(C)(C)C[C@@H]1N[C@@H](C(=O)Nc2ccsc2C(N)=O)[C@H](c2cccc(Cl)c2F)[C@@]1(C#N)c1ccc(Cl)cc1F. The second-order valence-electron chi connectivity index (χ2n) is 10.7. The van der Waals surface area contributed by atoms with Gasteiger partial charge in [0.1, 0.15) is 21.9 Å². The highest BCUT2D eigenvalue weighted by Crippen LogP contribution is 2.53. The second-order valence-corrected chi connectivity index (χ2v) is 12.5. The Morgan fingerprint density at radius 1 is 1.21 bits per heavy atom. The van der Waals surface area contributed by atoms with Gasteiger partial charge >= 0.3 is 0 Å². The van der Waals surface area contributed by atoms with Crippen LogP contribution in [-0.2, 0) is 10.2 Å². The van der Waals surface area contributed by atoms with Gasteiger partial charge in [0.05, 0.1) is 22.8 Å². The van der Waals surface area contributed by atoms with Crippen molar-refractivity contribution in [2.45, 2.75) is 50.6 Å². The summed E-state index contributed by atoms with van der Waals surface area (Å²) in [6.07, 6.45) is 0.329. The van der Waals surface area contributed by atoms with Gasteiger partial charge in [-0.3, -0.25) is 9.59 Å². The van der Waals surface area contributed by atoms with Crippen molar-refractivity contribution in [3.05, 3.63) is 85.5 Å². The van der Waals surface area contributed by atoms with Gasteiger partial charge in [0.25, 0.3) is 5.91 Å². The van der Waals surface area contributed by atoms with Crippen LogP contribution in [0.1, 0.15) is 53.9 Å². The Bertz CT molecular complexity index is 1480. The summed E-state index contributed by atoms with van der Waals surface area (Å²) in [4.78, 5) is 25.9. The van der Waals surface area contributed by atoms with Gasteiger partial charge in [-0.05, 0) is 47.0 Å². The van der Waals surface area contributed by atoms with Crippen LogP contribution in [0.5, 0.6) is 0 Å². The third-order valence-corrected chi connectivity index (χ3v) is 8.33. The minimum atomic E-state index is -1.75. The zero-order chi connectivity index (χ0) is 28.7. The number of hydrogen-bond donors (Lipinski definition) is 3. The summed E-state index contributed by atoms with van der Waals surface area (Å²) in [7, 11) is 0. The Morgan fingerprint density at radius 2 is 1.92 bits per heavy atom. The van der Waals surface area contributed by atoms with Crippen LogP contribution in [0.25, 0.3) is 0 Å². The molecule has 4 rings (SSSR count). The normalized spacial score (nSPS) is 22.9. The largest absolute Gasteiger partial charge is 0.365 e. The molecule has 6 nitrogen and oxygen atoms in total. The molecule has 4 N–H and O–H groups in total. The Morgan fingerprint density at radius 3 is 2.54 bits per heavy atom. The average molecular weight is 592 g/mol. The Labute approximate surface area is 239 Å². The Hall–Kier alpha value is -3.03. The number of nitrogens with zero attached hydrogens (tertiary/aromatic N) is 1. The molecular weight excluding hydrogens is 565 g/mol. The molecule has 39 heavy (non-hydrogen) atoms. The molecule has 2 amide bonds. The first-order valence-electron chi connectivity index (χ1n) is 12.0. The number of carbonyl (C=O) groups is 2. The van der Waals surface area contributed by atoms with E-state index in [1.807, 2.05) is 20.8 Å². The van der Waals surface area contributed by atoms with Gasteiger partial charge in [-0.2, -0.15) is 5.26 Å². The highest BCUT2D eigenvalue weighted by atomic mass is 35.5. The number of benzene rings is 2. The number of amides is 2. The fraction of sp³-hybridized carbons (Fsp3) is 0.321. The number of carbonyl (C=O) groups excluding carboxylic acids is 2. The number of nitrogens with two attached hydrogens (primary N) is 1. The molecule has 4 atom stereocenters. The number of primary amides is 1. The van der Waals surface area contributed by atoms with E-state index >= 15 is 8.78 Å². The van der Waals surface area contributed by atoms with Crippen molar-refractivity contribution in [2.75, 3.05) is 5.32 Å². The van der Waals surface area contributed by atoms with E-state index in [0.717, 1.165) is 17.4 Å². The first kappa shape index (κ1) is 29.0. The van der Waals surface area contributed by atoms with Gasteiger partial charge in [-0.1, -0.05) is 62.2 Å². The van der Waals surface area contributed by atoms with Crippen LogP contribution in [-0.4, -0.2) is 23.9 Å². The van der Waals surface area contributed by atoms with Crippen LogP contribution in [0.2, 0.25) is 10.0 Å². The molecule has 0 radical (unpaired) electrons. The summed E-state index contributed by atoms with van der Waals surface area (Å²) >= 11 is 13.2. The number of halogens is 4. The summed E-state index contributed by atoms with van der Waals surface area (Å²) in [5, 5.41) is 18.3. The lowest BCUT2D eigenvalue weighted by Crippen LogP contribution is -2.45. The molecule has 1 fully saturated rings. The molecule has 11 heteroatoms. The monoisotopic (exact) mass is 590 g/mol. The number of thiophene rings is 1. The van der Waals surface area contributed by atoms with Crippen molar-refractivity contribution >= 4 is 52.0 Å². The van der Waals surface area contributed by atoms with E-state index in [2.05, 4.69) is 16.7 Å². The highest BCUT2D eigenvalue weighted by molar-refractivity contribution is 7.12. The Kier molecular flexibility index (Phi) is 8.06. The van der Waals surface area contributed by atoms with Crippen molar-refractivity contribution in [1.82, 2.24) is 5.32 Å². The van der Waals surface area contributed by atoms with E-state index in [1.54, 1.807) is 5.38 Å². The average Bonchev–Trinajstić information content (AvgIpc) is 3.43. The van der Waals surface area contributed by atoms with Crippen molar-refractivity contribution in [1.29, 1.82) is 5.26 Å². The zero-order valence-corrected chi connectivity index (χ0v) is 23.6. The molecule has 0 aliphatic carbocycles. The van der Waals surface area contributed by atoms with Gasteiger partial charge < -0.3 is 16.4 Å². The van der Waals surface area contributed by atoms with Crippen LogP contribution in [0.3, 0.4) is 0 Å². The van der Waals surface area contributed by atoms with E-state index in [-0.39, 0.29) is 37.2 Å². The number of nitriles is 1. The minimum Gasteiger partial charge on any atom is -0.365 e. The first-order valence-corrected chi connectivity index (χ1v) is 13.7. The zero-order valence-electron chi connectivity index (χ0n) is 21.3. The lowest BCUT2D eigenvalue weighted by molar-refractivity contribution is -0.118. The molecular formula is C28H26Cl2F2N4O2S. The molecule has 204 valence electrons. The molecule has 1 aliphatic heterocycles. The highest BCUT2D eigenvalue weighted by Gasteiger charge is 2.61. The molecule has 0 spiro atoms. The third kappa shape index (κ3) is 5.39. The van der Waals surface area contributed by atoms with E-state index in [1.165, 1.54) is 36.4 Å². The lowest BCUT2D eigenvalue weighted by atomic mass is 9.62.